The molecule has 59 heavy (non-hydrogen) atoms. The van der Waals surface area contributed by atoms with Crippen molar-refractivity contribution in [1.82, 2.24) is 51.8 Å². The first-order valence-electron chi connectivity index (χ1n) is 19.0. The summed E-state index contributed by atoms with van der Waals surface area (Å²) in [6, 6.07) is 1.76. The Morgan fingerprint density at radius 3 is 2.37 bits per heavy atom. The molecule has 7 amide bonds. The summed E-state index contributed by atoms with van der Waals surface area (Å²) in [6.07, 6.45) is 6.61. The van der Waals surface area contributed by atoms with Crippen molar-refractivity contribution in [1.29, 1.82) is 0 Å². The van der Waals surface area contributed by atoms with E-state index < -0.39 is 71.8 Å². The number of para-hydroxylation sites is 1. The molecule has 0 bridgehead atoms. The lowest BCUT2D eigenvalue weighted by Crippen LogP contribution is -2.68. The summed E-state index contributed by atoms with van der Waals surface area (Å²) in [4.78, 5) is 94.4. The summed E-state index contributed by atoms with van der Waals surface area (Å²) in [5, 5.41) is 17.9. The second-order valence-corrected chi connectivity index (χ2v) is 16.5. The van der Waals surface area contributed by atoms with Crippen molar-refractivity contribution in [2.45, 2.75) is 75.3 Å². The molecule has 6 atom stereocenters. The van der Waals surface area contributed by atoms with Crippen molar-refractivity contribution in [3.05, 3.63) is 66.5 Å². The molecule has 6 unspecified atom stereocenters. The highest BCUT2D eigenvalue weighted by Crippen LogP contribution is 2.25. The number of quaternary nitrogens is 1. The Hall–Kier alpha value is -5.58. The average Bonchev–Trinajstić information content (AvgIpc) is 3.94. The Morgan fingerprint density at radius 1 is 0.983 bits per heavy atom. The zero-order chi connectivity index (χ0) is 43.1. The number of amides is 7. The number of hydrogen-bond acceptors (Lipinski definition) is 12. The van der Waals surface area contributed by atoms with E-state index in [1.54, 1.807) is 26.5 Å². The molecule has 1 aliphatic heterocycles. The molecule has 15 N–H and O–H groups in total. The Bertz CT molecular complexity index is 1970. The summed E-state index contributed by atoms with van der Waals surface area (Å²) in [5.74, 6) is -2.07. The predicted molar refractivity (Wildman–Crippen MR) is 227 cm³/mol. The number of carbonyl (C=O) groups excluding carboxylic acids is 6. The van der Waals surface area contributed by atoms with Gasteiger partial charge in [-0.3, -0.25) is 34.8 Å². The van der Waals surface area contributed by atoms with E-state index in [0.29, 0.717) is 37.3 Å². The summed E-state index contributed by atoms with van der Waals surface area (Å²) >= 11 is 0. The summed E-state index contributed by atoms with van der Waals surface area (Å²) in [5.41, 5.74) is 17.3. The van der Waals surface area contributed by atoms with Gasteiger partial charge in [-0.2, -0.15) is 0 Å². The zero-order valence-corrected chi connectivity index (χ0v) is 35.0. The van der Waals surface area contributed by atoms with Crippen LogP contribution in [0.25, 0.3) is 10.9 Å². The highest BCUT2D eigenvalue weighted by atomic mass is 33.1. The van der Waals surface area contributed by atoms with E-state index in [2.05, 4.69) is 64.2 Å². The largest absolute Gasteiger partial charge is 0.390 e. The van der Waals surface area contributed by atoms with Crippen LogP contribution in [0.15, 0.2) is 60.3 Å². The van der Waals surface area contributed by atoms with E-state index in [1.807, 2.05) is 24.3 Å². The second-order valence-electron chi connectivity index (χ2n) is 13.8. The minimum absolute atomic E-state index is 0.0431. The van der Waals surface area contributed by atoms with E-state index in [4.69, 9.17) is 11.5 Å². The van der Waals surface area contributed by atoms with Crippen molar-refractivity contribution in [2.24, 2.45) is 16.5 Å². The molecule has 4 rings (SSSR count). The lowest BCUT2D eigenvalue weighted by Gasteiger charge is -2.25. The Morgan fingerprint density at radius 2 is 1.69 bits per heavy atom. The number of aliphatic imine (C=N–C) groups is 1. The van der Waals surface area contributed by atoms with Crippen LogP contribution in [-0.2, 0) is 36.8 Å². The van der Waals surface area contributed by atoms with Gasteiger partial charge in [0, 0.05) is 72.6 Å². The molecule has 1 aromatic carbocycles. The number of fused-ring (bicyclic) bond motifs is 1. The van der Waals surface area contributed by atoms with Crippen molar-refractivity contribution in [3.63, 3.8) is 0 Å². The molecule has 22 heteroatoms. The summed E-state index contributed by atoms with van der Waals surface area (Å²) in [7, 11) is 5.95. The highest BCUT2D eigenvalue weighted by Gasteiger charge is 2.43. The first-order chi connectivity index (χ1) is 28.2. The van der Waals surface area contributed by atoms with Gasteiger partial charge >= 0.3 is 11.9 Å². The third-order valence-corrected chi connectivity index (χ3v) is 12.2. The molecule has 0 radical (unpaired) electrons. The van der Waals surface area contributed by atoms with Crippen molar-refractivity contribution in [2.75, 3.05) is 32.1 Å². The van der Waals surface area contributed by atoms with Gasteiger partial charge in [-0.1, -0.05) is 46.4 Å². The van der Waals surface area contributed by atoms with Crippen LogP contribution in [0.4, 0.5) is 4.79 Å². The number of benzene rings is 1. The Labute approximate surface area is 349 Å². The lowest BCUT2D eigenvalue weighted by atomic mass is 10.0. The molecule has 0 saturated carbocycles. The monoisotopic (exact) mass is 855 g/mol. The molecule has 320 valence electrons. The molecule has 1 fully saturated rings. The van der Waals surface area contributed by atoms with E-state index in [9.17, 15) is 28.8 Å². The number of urea groups is 1. The molecule has 1 aliphatic rings. The van der Waals surface area contributed by atoms with Crippen LogP contribution < -0.4 is 49.1 Å². The number of rotatable bonds is 25. The molecule has 0 spiro atoms. The number of hydrogen-bond donors (Lipinski definition) is 11. The molecule has 3 heterocycles. The van der Waals surface area contributed by atoms with Crippen LogP contribution in [0, 0.1) is 0 Å². The zero-order valence-electron chi connectivity index (χ0n) is 33.3. The first-order valence-corrected chi connectivity index (χ1v) is 21.5. The van der Waals surface area contributed by atoms with Gasteiger partial charge in [0.2, 0.25) is 17.7 Å². The van der Waals surface area contributed by atoms with Crippen LogP contribution in [0.2, 0.25) is 0 Å². The Kier molecular flexibility index (Phi) is 17.6. The van der Waals surface area contributed by atoms with Gasteiger partial charge in [-0.15, -0.1) is 0 Å². The van der Waals surface area contributed by atoms with Gasteiger partial charge in [-0.25, -0.2) is 14.6 Å². The Balaban J connectivity index is 1.31. The van der Waals surface area contributed by atoms with Gasteiger partial charge in [0.25, 0.3) is 5.91 Å². The molecule has 20 nitrogen and oxygen atoms in total. The van der Waals surface area contributed by atoms with Crippen molar-refractivity contribution in [3.8, 4) is 0 Å². The maximum absolute atomic E-state index is 13.8. The van der Waals surface area contributed by atoms with Crippen LogP contribution in [0.1, 0.15) is 37.4 Å². The smallest absolute Gasteiger partial charge is 0.332 e. The molecule has 0 aliphatic carbocycles. The lowest BCUT2D eigenvalue weighted by molar-refractivity contribution is -0.307. The van der Waals surface area contributed by atoms with Crippen LogP contribution >= 0.6 is 21.6 Å². The molecule has 3 aromatic rings. The number of carbonyl (C=O) groups is 6. The van der Waals surface area contributed by atoms with E-state index in [-0.39, 0.29) is 24.6 Å². The van der Waals surface area contributed by atoms with Crippen molar-refractivity contribution < 1.29 is 34.5 Å². The topological polar surface area (TPSA) is 314 Å². The fourth-order valence-corrected chi connectivity index (χ4v) is 8.60. The molecule has 2 aromatic heterocycles. The number of likely N-dealkylation sites (N-methyl/N-ethyl adjacent to an activating group) is 2. The third-order valence-electron chi connectivity index (χ3n) is 9.71. The van der Waals surface area contributed by atoms with E-state index in [0.717, 1.165) is 27.1 Å². The summed E-state index contributed by atoms with van der Waals surface area (Å²) < 4.78 is 0. The fraction of sp³-hybridized carbons (Fsp3) is 0.459. The normalized spacial score (nSPS) is 16.3. The number of H-pyrrole nitrogens is 2. The molecular weight excluding hydrogens is 801 g/mol. The number of imidazole rings is 1. The SMILES string of the molecule is C=C(NC)C(Cc1cnc[nH]1)NC(=O)C(C)N1C(=O)NC(CCSSCC(NC(=O)C(Cc2c[nH]c3ccccc23)NC(=O)C(CCCN=C(N)N)NC)C([NH3+])=O)C1=O. The average molecular weight is 856 g/mol. The van der Waals surface area contributed by atoms with Crippen molar-refractivity contribution >= 4 is 74.0 Å². The number of nitrogens with zero attached hydrogens (tertiary/aromatic N) is 3. The third kappa shape index (κ3) is 13.2. The number of aromatic nitrogens is 3. The van der Waals surface area contributed by atoms with Crippen LogP contribution in [0.5, 0.6) is 0 Å². The number of imide groups is 1. The van der Waals surface area contributed by atoms with Gasteiger partial charge in [-0.05, 0) is 44.9 Å². The second kappa shape index (κ2) is 22.5. The van der Waals surface area contributed by atoms with Crippen LogP contribution in [0.3, 0.4) is 0 Å². The molecular formula is C37H55N14O6S2+. The van der Waals surface area contributed by atoms with E-state index >= 15 is 0 Å². The van der Waals surface area contributed by atoms with Gasteiger partial charge in [0.15, 0.2) is 12.0 Å². The maximum atomic E-state index is 13.8. The standard InChI is InChI=1S/C37H54N14O6S2/c1-20(41-3)28(15-23-17-43-19-46-23)47-32(53)21(2)51-35(56)27(50-37(51)57)11-13-58-59-18-30(31(38)52)49-34(55)29(14-22-16-45-25-9-6-5-8-24(22)25)48-33(54)26(42-4)10-7-12-44-36(39)40/h5-6,8-9,16-17,19,21,26-30,41-42,45H,1,7,10-15,18H2,2-4H3,(H2,38,52)(H,43,46)(H,47,53)(H,48,54)(H,49,55)(H,50,57)(H4,39,40,44)/p+1. The highest BCUT2D eigenvalue weighted by molar-refractivity contribution is 8.76. The quantitative estimate of drug-likeness (QED) is 0.0150. The van der Waals surface area contributed by atoms with Gasteiger partial charge in [0.1, 0.15) is 18.1 Å². The number of nitrogens with two attached hydrogens (primary N) is 2. The predicted octanol–water partition coefficient (Wildman–Crippen LogP) is -1.65. The minimum atomic E-state index is -1.10. The molecule has 1 saturated heterocycles. The van der Waals surface area contributed by atoms with Gasteiger partial charge in [0.05, 0.1) is 18.4 Å². The van der Waals surface area contributed by atoms with Crippen LogP contribution in [-0.4, -0.2) is 130 Å². The van der Waals surface area contributed by atoms with E-state index in [1.165, 1.54) is 34.8 Å². The number of nitrogens with one attached hydrogen (secondary N) is 8. The fourth-order valence-electron chi connectivity index (χ4n) is 6.31. The first kappa shape index (κ1) is 46.1. The summed E-state index contributed by atoms with van der Waals surface area (Å²) in [6.45, 7) is 5.77. The number of aromatic amines is 2. The number of guanidine groups is 1. The van der Waals surface area contributed by atoms with Gasteiger partial charge < -0.3 is 53.3 Å². The maximum Gasteiger partial charge on any atom is 0.332 e. The minimum Gasteiger partial charge on any atom is -0.390 e.